The number of H-pyrrole nitrogens is 1. The molecule has 1 heterocycles. The van der Waals surface area contributed by atoms with Gasteiger partial charge in [-0.1, -0.05) is 0 Å². The fourth-order valence-corrected chi connectivity index (χ4v) is 0.278. The molecule has 0 aliphatic heterocycles. The smallest absolute Gasteiger partial charge is 1.00 e. The molecule has 1 rings (SSSR count). The Balaban J connectivity index is 0. The Morgan fingerprint density at radius 1 is 1.17 bits per heavy atom. The van der Waals surface area contributed by atoms with Crippen molar-refractivity contribution >= 4 is 0 Å². The number of aromatic nitrogens is 1. The van der Waals surface area contributed by atoms with E-state index in [9.17, 15) is 0 Å². The predicted octanol–water partition coefficient (Wildman–Crippen LogP) is -1.87. The molecule has 0 amide bonds. The number of hydrogen-bond donors (Lipinski definition) is 1. The zero-order valence-electron chi connectivity index (χ0n) is 4.81. The molecule has 1 N–H and O–H groups in total. The summed E-state index contributed by atoms with van der Waals surface area (Å²) >= 11 is 0. The van der Waals surface area contributed by atoms with Gasteiger partial charge in [0.25, 0.3) is 0 Å². The van der Waals surface area contributed by atoms with Crippen LogP contribution in [0.4, 0.5) is 0 Å². The Hall–Kier alpha value is -0.123. The summed E-state index contributed by atoms with van der Waals surface area (Å²) in [5.74, 6) is 0. The maximum Gasteiger partial charge on any atom is 1.00 e. The summed E-state index contributed by atoms with van der Waals surface area (Å²) in [4.78, 5) is 2.86. The predicted molar refractivity (Wildman–Crippen MR) is 21.9 cm³/mol. The number of rotatable bonds is 0. The van der Waals surface area contributed by atoms with Crippen LogP contribution in [0.1, 0.15) is 1.43 Å². The summed E-state index contributed by atoms with van der Waals surface area (Å²) in [5, 5.41) is 0. The molecule has 0 aliphatic carbocycles. The van der Waals surface area contributed by atoms with Crippen molar-refractivity contribution < 1.29 is 20.3 Å². The minimum atomic E-state index is 0. The summed E-state index contributed by atoms with van der Waals surface area (Å²) < 4.78 is 0. The first-order chi connectivity index (χ1) is 2.50. The van der Waals surface area contributed by atoms with Crippen molar-refractivity contribution in [3.05, 3.63) is 24.5 Å². The molecule has 0 aromatic carbocycles. The van der Waals surface area contributed by atoms with Gasteiger partial charge < -0.3 is 6.41 Å². The maximum absolute atomic E-state index is 2.86. The van der Waals surface area contributed by atoms with Crippen LogP contribution in [0.25, 0.3) is 0 Å². The maximum atomic E-state index is 2.86. The second kappa shape index (κ2) is 3.08. The van der Waals surface area contributed by atoms with Crippen molar-refractivity contribution in [3.8, 4) is 0 Å². The monoisotopic (exact) mass is 75.1 g/mol. The van der Waals surface area contributed by atoms with E-state index in [4.69, 9.17) is 0 Å². The molecule has 0 aliphatic rings. The van der Waals surface area contributed by atoms with Crippen molar-refractivity contribution in [1.82, 2.24) is 4.98 Å². The SMILES string of the molecule is [H-].[Li+].c1cc[nH]c1. The van der Waals surface area contributed by atoms with Gasteiger partial charge in [0.05, 0.1) is 0 Å². The van der Waals surface area contributed by atoms with Crippen molar-refractivity contribution in [1.29, 1.82) is 0 Å². The van der Waals surface area contributed by atoms with Gasteiger partial charge in [0.1, 0.15) is 0 Å². The van der Waals surface area contributed by atoms with Crippen molar-refractivity contribution in [3.63, 3.8) is 0 Å². The van der Waals surface area contributed by atoms with Crippen molar-refractivity contribution in [2.24, 2.45) is 0 Å². The average molecular weight is 75.0 g/mol. The summed E-state index contributed by atoms with van der Waals surface area (Å²) in [5.41, 5.74) is 0. The molecule has 2 heteroatoms. The molecule has 6 heavy (non-hydrogen) atoms. The van der Waals surface area contributed by atoms with Gasteiger partial charge in [-0.05, 0) is 12.1 Å². The molecule has 0 radical (unpaired) electrons. The van der Waals surface area contributed by atoms with Gasteiger partial charge in [-0.2, -0.15) is 0 Å². The van der Waals surface area contributed by atoms with Gasteiger partial charge in [0.15, 0.2) is 0 Å². The van der Waals surface area contributed by atoms with E-state index in [-0.39, 0.29) is 20.3 Å². The number of aromatic amines is 1. The Morgan fingerprint density at radius 3 is 1.83 bits per heavy atom. The molecule has 0 fully saturated rings. The Kier molecular flexibility index (Phi) is 3.02. The van der Waals surface area contributed by atoms with E-state index in [0.29, 0.717) is 0 Å². The molecular formula is C4H6LiN. The normalized spacial score (nSPS) is 6.67. The Labute approximate surface area is 50.4 Å². The summed E-state index contributed by atoms with van der Waals surface area (Å²) in [7, 11) is 0. The Bertz CT molecular complexity index is 68.2. The molecular weight excluding hydrogens is 69.0 g/mol. The van der Waals surface area contributed by atoms with E-state index >= 15 is 0 Å². The fraction of sp³-hybridized carbons (Fsp3) is 0. The van der Waals surface area contributed by atoms with Gasteiger partial charge in [-0.3, -0.25) is 0 Å². The minimum absolute atomic E-state index is 0. The summed E-state index contributed by atoms with van der Waals surface area (Å²) in [6, 6.07) is 3.89. The first-order valence-electron chi connectivity index (χ1n) is 1.58. The second-order valence-corrected chi connectivity index (χ2v) is 0.885. The topological polar surface area (TPSA) is 15.8 Å². The minimum Gasteiger partial charge on any atom is -1.00 e. The zero-order valence-corrected chi connectivity index (χ0v) is 3.81. The second-order valence-electron chi connectivity index (χ2n) is 0.885. The van der Waals surface area contributed by atoms with Crippen molar-refractivity contribution in [2.75, 3.05) is 0 Å². The third-order valence-electron chi connectivity index (χ3n) is 0.496. The summed E-state index contributed by atoms with van der Waals surface area (Å²) in [6.07, 6.45) is 3.75. The van der Waals surface area contributed by atoms with Crippen LogP contribution in [0, 0.1) is 0 Å². The van der Waals surface area contributed by atoms with Gasteiger partial charge in [0, 0.05) is 12.4 Å². The zero-order chi connectivity index (χ0) is 3.54. The number of nitrogens with one attached hydrogen (secondary N) is 1. The standard InChI is InChI=1S/C4H5N.Li.H/c1-2-4-5-3-1;;/h1-5H;;/q;+1;-1. The van der Waals surface area contributed by atoms with E-state index in [2.05, 4.69) is 4.98 Å². The van der Waals surface area contributed by atoms with Crippen molar-refractivity contribution in [2.45, 2.75) is 0 Å². The van der Waals surface area contributed by atoms with E-state index in [0.717, 1.165) is 0 Å². The van der Waals surface area contributed by atoms with E-state index < -0.39 is 0 Å². The van der Waals surface area contributed by atoms with Crippen LogP contribution in [-0.4, -0.2) is 4.98 Å². The molecule has 0 saturated carbocycles. The molecule has 0 unspecified atom stereocenters. The first kappa shape index (κ1) is 5.88. The average Bonchev–Trinajstić information content (AvgIpc) is 1.76. The summed E-state index contributed by atoms with van der Waals surface area (Å²) in [6.45, 7) is 0. The van der Waals surface area contributed by atoms with E-state index in [1.54, 1.807) is 0 Å². The quantitative estimate of drug-likeness (QED) is 0.348. The molecule has 0 bridgehead atoms. The van der Waals surface area contributed by atoms with Gasteiger partial charge >= 0.3 is 18.9 Å². The van der Waals surface area contributed by atoms with Crippen LogP contribution in [0.2, 0.25) is 0 Å². The van der Waals surface area contributed by atoms with E-state index in [1.807, 2.05) is 24.5 Å². The molecule has 0 saturated heterocycles. The van der Waals surface area contributed by atoms with Gasteiger partial charge in [0.2, 0.25) is 0 Å². The molecule has 0 atom stereocenters. The van der Waals surface area contributed by atoms with Crippen LogP contribution in [0.15, 0.2) is 24.5 Å². The van der Waals surface area contributed by atoms with Crippen LogP contribution in [-0.2, 0) is 0 Å². The molecule has 1 nitrogen and oxygen atoms in total. The Morgan fingerprint density at radius 2 is 1.67 bits per heavy atom. The molecule has 0 spiro atoms. The molecule has 1 aromatic heterocycles. The van der Waals surface area contributed by atoms with Crippen LogP contribution in [0.5, 0.6) is 0 Å². The molecule has 1 aromatic rings. The van der Waals surface area contributed by atoms with Crippen LogP contribution >= 0.6 is 0 Å². The van der Waals surface area contributed by atoms with Crippen LogP contribution < -0.4 is 18.9 Å². The largest absolute Gasteiger partial charge is 1.00 e. The first-order valence-corrected chi connectivity index (χ1v) is 1.58. The van der Waals surface area contributed by atoms with Gasteiger partial charge in [-0.25, -0.2) is 0 Å². The molecule has 28 valence electrons. The fourth-order valence-electron chi connectivity index (χ4n) is 0.278. The third-order valence-corrected chi connectivity index (χ3v) is 0.496. The van der Waals surface area contributed by atoms with Crippen LogP contribution in [0.3, 0.4) is 0 Å². The van der Waals surface area contributed by atoms with E-state index in [1.165, 1.54) is 0 Å². The number of hydrogen-bond acceptors (Lipinski definition) is 0. The third kappa shape index (κ3) is 1.35. The van der Waals surface area contributed by atoms with Gasteiger partial charge in [-0.15, -0.1) is 0 Å².